The highest BCUT2D eigenvalue weighted by Gasteiger charge is 2.27. The maximum atomic E-state index is 12.6. The maximum Gasteiger partial charge on any atom is 0.244 e. The van der Waals surface area contributed by atoms with E-state index < -0.39 is 0 Å². The fourth-order valence-electron chi connectivity index (χ4n) is 2.91. The third-order valence-electron chi connectivity index (χ3n) is 4.22. The molecular formula is C20H22N2O2S. The van der Waals surface area contributed by atoms with Gasteiger partial charge in [-0.05, 0) is 43.2 Å². The Morgan fingerprint density at radius 2 is 2.00 bits per heavy atom. The number of nitrogens with one attached hydrogen (secondary N) is 1. The van der Waals surface area contributed by atoms with Crippen molar-refractivity contribution in [3.63, 3.8) is 0 Å². The number of anilines is 2. The summed E-state index contributed by atoms with van der Waals surface area (Å²) in [7, 11) is 0. The lowest BCUT2D eigenvalue weighted by molar-refractivity contribution is -0.121. The molecule has 0 fully saturated rings. The molecule has 0 bridgehead atoms. The number of amides is 2. The van der Waals surface area contributed by atoms with Gasteiger partial charge in [-0.15, -0.1) is 11.8 Å². The first-order valence-electron chi connectivity index (χ1n) is 8.37. The van der Waals surface area contributed by atoms with Gasteiger partial charge < -0.3 is 10.2 Å². The zero-order valence-corrected chi connectivity index (χ0v) is 15.5. The average Bonchev–Trinajstić information content (AvgIpc) is 2.67. The monoisotopic (exact) mass is 354 g/mol. The highest BCUT2D eigenvalue weighted by molar-refractivity contribution is 8.00. The highest BCUT2D eigenvalue weighted by atomic mass is 32.2. The minimum absolute atomic E-state index is 0.0129. The fourth-order valence-corrected chi connectivity index (χ4v) is 4.02. The van der Waals surface area contributed by atoms with E-state index in [2.05, 4.69) is 5.32 Å². The number of fused-ring (bicyclic) bond motifs is 1. The van der Waals surface area contributed by atoms with E-state index in [0.29, 0.717) is 6.42 Å². The minimum atomic E-state index is -0.184. The summed E-state index contributed by atoms with van der Waals surface area (Å²) in [6.07, 6.45) is 0.427. The number of thioether (sulfide) groups is 1. The number of para-hydroxylation sites is 1. The third kappa shape index (κ3) is 4.04. The van der Waals surface area contributed by atoms with Gasteiger partial charge in [0.2, 0.25) is 11.8 Å². The molecule has 25 heavy (non-hydrogen) atoms. The molecule has 1 aliphatic heterocycles. The Morgan fingerprint density at radius 3 is 2.80 bits per heavy atom. The van der Waals surface area contributed by atoms with E-state index >= 15 is 0 Å². The van der Waals surface area contributed by atoms with Gasteiger partial charge in [0.25, 0.3) is 0 Å². The second-order valence-electron chi connectivity index (χ2n) is 6.45. The Hall–Kier alpha value is -2.27. The first-order valence-corrected chi connectivity index (χ1v) is 9.25. The Bertz CT molecular complexity index is 819. The van der Waals surface area contributed by atoms with Crippen molar-refractivity contribution < 1.29 is 9.59 Å². The molecule has 2 aromatic carbocycles. The molecule has 1 atom stereocenters. The van der Waals surface area contributed by atoms with Gasteiger partial charge in [-0.2, -0.15) is 0 Å². The second-order valence-corrected chi connectivity index (χ2v) is 7.93. The van der Waals surface area contributed by atoms with Crippen LogP contribution in [0.2, 0.25) is 0 Å². The standard InChI is InChI=1S/C20H22N2O2S/c1-13-8-9-14(2)16(10-13)21-19(23)12-22-17-6-4-5-7-18(17)25-15(3)11-20(22)24/h4-10,15H,11-12H2,1-3H3,(H,21,23)/t15-/m0/s1. The summed E-state index contributed by atoms with van der Waals surface area (Å²) in [5.41, 5.74) is 3.70. The predicted molar refractivity (Wildman–Crippen MR) is 103 cm³/mol. The summed E-state index contributed by atoms with van der Waals surface area (Å²) in [5, 5.41) is 3.14. The molecule has 2 aromatic rings. The van der Waals surface area contributed by atoms with Crippen LogP contribution in [0.15, 0.2) is 47.4 Å². The van der Waals surface area contributed by atoms with Gasteiger partial charge in [0.1, 0.15) is 6.54 Å². The molecule has 5 heteroatoms. The molecule has 0 saturated carbocycles. The largest absolute Gasteiger partial charge is 0.324 e. The lowest BCUT2D eigenvalue weighted by Gasteiger charge is -2.22. The molecule has 0 radical (unpaired) electrons. The summed E-state index contributed by atoms with van der Waals surface area (Å²) in [4.78, 5) is 27.9. The van der Waals surface area contributed by atoms with Crippen molar-refractivity contribution in [2.24, 2.45) is 0 Å². The normalized spacial score (nSPS) is 17.0. The van der Waals surface area contributed by atoms with Crippen LogP contribution in [-0.4, -0.2) is 23.6 Å². The van der Waals surface area contributed by atoms with E-state index in [4.69, 9.17) is 0 Å². The van der Waals surface area contributed by atoms with Gasteiger partial charge in [-0.1, -0.05) is 31.2 Å². The average molecular weight is 354 g/mol. The fraction of sp³-hybridized carbons (Fsp3) is 0.300. The number of rotatable bonds is 3. The van der Waals surface area contributed by atoms with E-state index in [1.807, 2.05) is 63.2 Å². The summed E-state index contributed by atoms with van der Waals surface area (Å²) in [5.74, 6) is -0.197. The Kier molecular flexibility index (Phi) is 5.13. The van der Waals surface area contributed by atoms with Crippen LogP contribution in [0.1, 0.15) is 24.5 Å². The van der Waals surface area contributed by atoms with Crippen LogP contribution >= 0.6 is 11.8 Å². The smallest absolute Gasteiger partial charge is 0.244 e. The van der Waals surface area contributed by atoms with Gasteiger partial charge in [0.05, 0.1) is 5.69 Å². The van der Waals surface area contributed by atoms with Crippen molar-refractivity contribution in [1.29, 1.82) is 0 Å². The van der Waals surface area contributed by atoms with E-state index in [0.717, 1.165) is 27.4 Å². The number of hydrogen-bond donors (Lipinski definition) is 1. The Labute approximate surface area is 152 Å². The molecule has 3 rings (SSSR count). The summed E-state index contributed by atoms with van der Waals surface area (Å²) in [6, 6.07) is 13.7. The third-order valence-corrected chi connectivity index (χ3v) is 5.38. The molecule has 0 spiro atoms. The lowest BCUT2D eigenvalue weighted by Crippen LogP contribution is -2.38. The van der Waals surface area contributed by atoms with Crippen molar-refractivity contribution in [3.05, 3.63) is 53.6 Å². The van der Waals surface area contributed by atoms with Gasteiger partial charge in [-0.25, -0.2) is 0 Å². The molecule has 2 amide bonds. The molecule has 4 nitrogen and oxygen atoms in total. The molecule has 0 unspecified atom stereocenters. The molecule has 0 aromatic heterocycles. The van der Waals surface area contributed by atoms with Crippen LogP contribution in [-0.2, 0) is 9.59 Å². The van der Waals surface area contributed by atoms with Gasteiger partial charge in [-0.3, -0.25) is 9.59 Å². The molecular weight excluding hydrogens is 332 g/mol. The van der Waals surface area contributed by atoms with Gasteiger partial charge in [0, 0.05) is 22.3 Å². The number of benzene rings is 2. The Morgan fingerprint density at radius 1 is 1.24 bits per heavy atom. The zero-order valence-electron chi connectivity index (χ0n) is 14.7. The number of carbonyl (C=O) groups is 2. The predicted octanol–water partition coefficient (Wildman–Crippen LogP) is 4.16. The van der Waals surface area contributed by atoms with Crippen molar-refractivity contribution in [2.75, 3.05) is 16.8 Å². The van der Waals surface area contributed by atoms with Crippen LogP contribution < -0.4 is 10.2 Å². The maximum absolute atomic E-state index is 12.6. The molecule has 1 aliphatic rings. The number of carbonyl (C=O) groups excluding carboxylic acids is 2. The Balaban J connectivity index is 1.82. The van der Waals surface area contributed by atoms with Crippen molar-refractivity contribution in [2.45, 2.75) is 37.3 Å². The summed E-state index contributed by atoms with van der Waals surface area (Å²) >= 11 is 1.68. The summed E-state index contributed by atoms with van der Waals surface area (Å²) in [6.45, 7) is 6.01. The first-order chi connectivity index (χ1) is 11.9. The van der Waals surface area contributed by atoms with Crippen molar-refractivity contribution in [3.8, 4) is 0 Å². The summed E-state index contributed by atoms with van der Waals surface area (Å²) < 4.78 is 0. The van der Waals surface area contributed by atoms with Crippen LogP contribution in [0.4, 0.5) is 11.4 Å². The molecule has 1 heterocycles. The quantitative estimate of drug-likeness (QED) is 0.900. The number of aryl methyl sites for hydroxylation is 2. The van der Waals surface area contributed by atoms with Crippen molar-refractivity contribution in [1.82, 2.24) is 0 Å². The highest BCUT2D eigenvalue weighted by Crippen LogP contribution is 2.37. The van der Waals surface area contributed by atoms with Crippen molar-refractivity contribution >= 4 is 35.0 Å². The van der Waals surface area contributed by atoms with E-state index in [9.17, 15) is 9.59 Å². The van der Waals surface area contributed by atoms with Crippen LogP contribution in [0.25, 0.3) is 0 Å². The first kappa shape index (κ1) is 17.5. The number of nitrogens with zero attached hydrogens (tertiary/aromatic N) is 1. The molecule has 1 N–H and O–H groups in total. The zero-order chi connectivity index (χ0) is 18.0. The lowest BCUT2D eigenvalue weighted by atomic mass is 10.1. The van der Waals surface area contributed by atoms with Crippen LogP contribution in [0.5, 0.6) is 0 Å². The van der Waals surface area contributed by atoms with E-state index in [1.165, 1.54) is 0 Å². The second kappa shape index (κ2) is 7.31. The molecule has 130 valence electrons. The molecule has 0 saturated heterocycles. The van der Waals surface area contributed by atoms with Crippen LogP contribution in [0, 0.1) is 13.8 Å². The van der Waals surface area contributed by atoms with Gasteiger partial charge >= 0.3 is 0 Å². The SMILES string of the molecule is Cc1ccc(C)c(NC(=O)CN2C(=O)C[C@H](C)Sc3ccccc32)c1. The number of hydrogen-bond acceptors (Lipinski definition) is 3. The minimum Gasteiger partial charge on any atom is -0.324 e. The van der Waals surface area contributed by atoms with Gasteiger partial charge in [0.15, 0.2) is 0 Å². The topological polar surface area (TPSA) is 49.4 Å². The molecule has 0 aliphatic carbocycles. The van der Waals surface area contributed by atoms with E-state index in [-0.39, 0.29) is 23.6 Å². The van der Waals surface area contributed by atoms with E-state index in [1.54, 1.807) is 16.7 Å². The van der Waals surface area contributed by atoms with Crippen LogP contribution in [0.3, 0.4) is 0 Å².